The average molecular weight is 517 g/mol. The molecular weight excluding hydrogens is 496 g/mol. The summed E-state index contributed by atoms with van der Waals surface area (Å²) < 4.78 is 16.1. The smallest absolute Gasteiger partial charge is 0.270 e. The Bertz CT molecular complexity index is 1500. The Morgan fingerprint density at radius 2 is 1.97 bits per heavy atom. The van der Waals surface area contributed by atoms with Gasteiger partial charge >= 0.3 is 0 Å². The number of non-ortho nitro benzene ring substituents is 1. The second-order valence-electron chi connectivity index (χ2n) is 7.54. The van der Waals surface area contributed by atoms with E-state index in [-0.39, 0.29) is 23.9 Å². The van der Waals surface area contributed by atoms with Crippen molar-refractivity contribution >= 4 is 28.7 Å². The van der Waals surface area contributed by atoms with Crippen LogP contribution in [0.2, 0.25) is 0 Å². The highest BCUT2D eigenvalue weighted by Crippen LogP contribution is 2.38. The number of nitro benzene ring substituents is 1. The minimum Gasteiger partial charge on any atom is -0.497 e. The molecule has 0 fully saturated rings. The number of carbonyl (C=O) groups is 1. The Kier molecular flexibility index (Phi) is 7.73. The van der Waals surface area contributed by atoms with Gasteiger partial charge in [-0.05, 0) is 41.3 Å². The van der Waals surface area contributed by atoms with Gasteiger partial charge in [-0.3, -0.25) is 14.9 Å². The SMILES string of the molecule is COCOc1ccc(OC)cc1-c1cc(-c2cccc([N+](=O)[O-])c2)c(C#N)c(NC(=O)c2cccs2)n1. The molecule has 0 spiro atoms. The molecule has 2 heterocycles. The summed E-state index contributed by atoms with van der Waals surface area (Å²) in [6.45, 7) is -0.0324. The van der Waals surface area contributed by atoms with Gasteiger partial charge in [-0.2, -0.15) is 5.26 Å². The summed E-state index contributed by atoms with van der Waals surface area (Å²) in [5, 5.41) is 26.0. The minimum absolute atomic E-state index is 0.000387. The normalized spacial score (nSPS) is 10.4. The van der Waals surface area contributed by atoms with Crippen LogP contribution in [0.25, 0.3) is 22.4 Å². The molecular formula is C26H20N4O6S. The van der Waals surface area contributed by atoms with Gasteiger partial charge in [0.15, 0.2) is 12.6 Å². The first-order valence-corrected chi connectivity index (χ1v) is 11.7. The number of methoxy groups -OCH3 is 2. The first kappa shape index (κ1) is 25.3. The number of pyridine rings is 1. The van der Waals surface area contributed by atoms with E-state index in [1.807, 2.05) is 0 Å². The molecule has 0 bridgehead atoms. The number of rotatable bonds is 9. The van der Waals surface area contributed by atoms with E-state index < -0.39 is 10.8 Å². The van der Waals surface area contributed by atoms with Crippen LogP contribution in [0, 0.1) is 21.4 Å². The van der Waals surface area contributed by atoms with Gasteiger partial charge in [0.1, 0.15) is 23.1 Å². The number of thiophene rings is 1. The molecule has 11 heteroatoms. The van der Waals surface area contributed by atoms with Crippen molar-refractivity contribution in [1.29, 1.82) is 5.26 Å². The molecule has 0 aliphatic rings. The molecule has 37 heavy (non-hydrogen) atoms. The summed E-state index contributed by atoms with van der Waals surface area (Å²) in [7, 11) is 3.00. The number of nitrogens with zero attached hydrogens (tertiary/aromatic N) is 3. The van der Waals surface area contributed by atoms with Crippen LogP contribution in [-0.4, -0.2) is 36.8 Å². The highest BCUT2D eigenvalue weighted by molar-refractivity contribution is 7.12. The minimum atomic E-state index is -0.518. The predicted octanol–water partition coefficient (Wildman–Crippen LogP) is 5.50. The van der Waals surface area contributed by atoms with Crippen molar-refractivity contribution in [2.75, 3.05) is 26.3 Å². The van der Waals surface area contributed by atoms with Crippen molar-refractivity contribution < 1.29 is 23.9 Å². The third kappa shape index (κ3) is 5.56. The van der Waals surface area contributed by atoms with Gasteiger partial charge in [0.05, 0.1) is 22.6 Å². The van der Waals surface area contributed by atoms with Crippen LogP contribution >= 0.6 is 11.3 Å². The van der Waals surface area contributed by atoms with Gasteiger partial charge < -0.3 is 19.5 Å². The summed E-state index contributed by atoms with van der Waals surface area (Å²) in [4.78, 5) is 28.8. The van der Waals surface area contributed by atoms with Gasteiger partial charge in [-0.1, -0.05) is 18.2 Å². The molecule has 2 aromatic carbocycles. The van der Waals surface area contributed by atoms with Crippen molar-refractivity contribution in [3.05, 3.63) is 86.6 Å². The van der Waals surface area contributed by atoms with Gasteiger partial charge in [0.25, 0.3) is 11.6 Å². The van der Waals surface area contributed by atoms with E-state index in [0.29, 0.717) is 38.8 Å². The van der Waals surface area contributed by atoms with Crippen molar-refractivity contribution in [3.8, 4) is 40.0 Å². The molecule has 0 unspecified atom stereocenters. The Hall–Kier alpha value is -4.79. The Morgan fingerprint density at radius 3 is 2.65 bits per heavy atom. The molecule has 4 rings (SSSR count). The number of hydrogen-bond acceptors (Lipinski definition) is 9. The fraction of sp³-hybridized carbons (Fsp3) is 0.115. The second-order valence-corrected chi connectivity index (χ2v) is 8.49. The number of amides is 1. The number of anilines is 1. The molecule has 10 nitrogen and oxygen atoms in total. The number of ether oxygens (including phenoxy) is 3. The first-order valence-electron chi connectivity index (χ1n) is 10.8. The molecule has 4 aromatic rings. The number of benzene rings is 2. The van der Waals surface area contributed by atoms with Crippen molar-refractivity contribution in [3.63, 3.8) is 0 Å². The molecule has 0 radical (unpaired) electrons. The van der Waals surface area contributed by atoms with E-state index in [0.717, 1.165) is 0 Å². The van der Waals surface area contributed by atoms with E-state index >= 15 is 0 Å². The topological polar surface area (TPSA) is 137 Å². The van der Waals surface area contributed by atoms with Gasteiger partial charge in [-0.15, -0.1) is 11.3 Å². The third-order valence-corrected chi connectivity index (χ3v) is 6.14. The zero-order chi connectivity index (χ0) is 26.4. The van der Waals surface area contributed by atoms with Crippen molar-refractivity contribution in [1.82, 2.24) is 4.98 Å². The molecule has 0 aliphatic carbocycles. The largest absolute Gasteiger partial charge is 0.497 e. The van der Waals surface area contributed by atoms with E-state index in [1.54, 1.807) is 47.8 Å². The summed E-state index contributed by atoms with van der Waals surface area (Å²) in [6, 6.07) is 18.1. The standard InChI is InChI=1S/C26H20N4O6S/c1-34-15-36-23-9-8-18(35-2)12-20(23)22-13-19(16-5-3-6-17(11-16)30(32)33)21(14-27)25(28-22)29-26(31)24-7-4-10-37-24/h3-13H,15H2,1-2H3,(H,28,29,31). The maximum Gasteiger partial charge on any atom is 0.270 e. The first-order chi connectivity index (χ1) is 17.9. The molecule has 1 amide bonds. The Balaban J connectivity index is 1.96. The lowest BCUT2D eigenvalue weighted by Crippen LogP contribution is -2.14. The fourth-order valence-electron chi connectivity index (χ4n) is 3.56. The molecule has 186 valence electrons. The monoisotopic (exact) mass is 516 g/mol. The second kappa shape index (κ2) is 11.3. The lowest BCUT2D eigenvalue weighted by molar-refractivity contribution is -0.384. The van der Waals surface area contributed by atoms with Crippen LogP contribution < -0.4 is 14.8 Å². The predicted molar refractivity (Wildman–Crippen MR) is 138 cm³/mol. The summed E-state index contributed by atoms with van der Waals surface area (Å²) in [5.74, 6) is 0.496. The number of hydrogen-bond donors (Lipinski definition) is 1. The van der Waals surface area contributed by atoms with Crippen LogP contribution in [0.1, 0.15) is 15.2 Å². The number of carbonyl (C=O) groups excluding carboxylic acids is 1. The lowest BCUT2D eigenvalue weighted by Gasteiger charge is -2.16. The van der Waals surface area contributed by atoms with E-state index in [4.69, 9.17) is 14.2 Å². The average Bonchev–Trinajstić information content (AvgIpc) is 3.47. The maximum atomic E-state index is 12.9. The summed E-state index contributed by atoms with van der Waals surface area (Å²) >= 11 is 1.24. The highest BCUT2D eigenvalue weighted by atomic mass is 32.1. The van der Waals surface area contributed by atoms with Crippen molar-refractivity contribution in [2.45, 2.75) is 0 Å². The number of aromatic nitrogens is 1. The van der Waals surface area contributed by atoms with Gasteiger partial charge in [0.2, 0.25) is 0 Å². The van der Waals surface area contributed by atoms with Crippen LogP contribution in [0.4, 0.5) is 11.5 Å². The summed E-state index contributed by atoms with van der Waals surface area (Å²) in [6.07, 6.45) is 0. The zero-order valence-corrected chi connectivity index (χ0v) is 20.6. The number of nitrogens with one attached hydrogen (secondary N) is 1. The molecule has 0 saturated heterocycles. The number of nitriles is 1. The zero-order valence-electron chi connectivity index (χ0n) is 19.8. The third-order valence-electron chi connectivity index (χ3n) is 5.27. The van der Waals surface area contributed by atoms with Crippen LogP contribution in [0.3, 0.4) is 0 Å². The molecule has 0 atom stereocenters. The van der Waals surface area contributed by atoms with E-state index in [2.05, 4.69) is 16.4 Å². The maximum absolute atomic E-state index is 12.9. The molecule has 2 aromatic heterocycles. The lowest BCUT2D eigenvalue weighted by atomic mass is 9.97. The summed E-state index contributed by atoms with van der Waals surface area (Å²) in [5.41, 5.74) is 1.50. The van der Waals surface area contributed by atoms with Gasteiger partial charge in [0, 0.05) is 30.4 Å². The quantitative estimate of drug-likeness (QED) is 0.175. The molecule has 0 aliphatic heterocycles. The van der Waals surface area contributed by atoms with E-state index in [9.17, 15) is 20.2 Å². The fourth-order valence-corrected chi connectivity index (χ4v) is 4.18. The molecule has 0 saturated carbocycles. The van der Waals surface area contributed by atoms with E-state index in [1.165, 1.54) is 43.8 Å². The van der Waals surface area contributed by atoms with Gasteiger partial charge in [-0.25, -0.2) is 4.98 Å². The highest BCUT2D eigenvalue weighted by Gasteiger charge is 2.21. The number of nitro groups is 1. The Morgan fingerprint density at radius 1 is 1.14 bits per heavy atom. The van der Waals surface area contributed by atoms with Crippen molar-refractivity contribution in [2.24, 2.45) is 0 Å². The molecule has 1 N–H and O–H groups in total. The Labute approximate surface area is 215 Å². The van der Waals surface area contributed by atoms with Crippen LogP contribution in [0.15, 0.2) is 66.0 Å². The van der Waals surface area contributed by atoms with Crippen LogP contribution in [0.5, 0.6) is 11.5 Å². The van der Waals surface area contributed by atoms with Crippen LogP contribution in [-0.2, 0) is 4.74 Å².